The first-order chi connectivity index (χ1) is 14.2. The second-order valence-electron chi connectivity index (χ2n) is 7.99. The zero-order valence-electron chi connectivity index (χ0n) is 17.6. The highest BCUT2D eigenvalue weighted by molar-refractivity contribution is 7.89. The van der Waals surface area contributed by atoms with Crippen LogP contribution in [0.25, 0.3) is 0 Å². The third-order valence-corrected chi connectivity index (χ3v) is 7.80. The topological polar surface area (TPSA) is 90.3 Å². The Labute approximate surface area is 178 Å². The first kappa shape index (κ1) is 22.0. The van der Waals surface area contributed by atoms with Crippen molar-refractivity contribution in [2.24, 2.45) is 5.92 Å². The van der Waals surface area contributed by atoms with Crippen LogP contribution in [0.2, 0.25) is 0 Å². The van der Waals surface area contributed by atoms with Crippen molar-refractivity contribution < 1.29 is 13.2 Å². The molecule has 0 unspecified atom stereocenters. The predicted molar refractivity (Wildman–Crippen MR) is 115 cm³/mol. The fourth-order valence-corrected chi connectivity index (χ4v) is 5.37. The van der Waals surface area contributed by atoms with Gasteiger partial charge in [0.1, 0.15) is 0 Å². The summed E-state index contributed by atoms with van der Waals surface area (Å²) >= 11 is 0. The lowest BCUT2D eigenvalue weighted by molar-refractivity contribution is 0.0950. The molecule has 1 saturated heterocycles. The highest BCUT2D eigenvalue weighted by atomic mass is 32.2. The molecule has 0 aliphatic carbocycles. The number of carbonyl (C=O) groups is 1. The molecule has 7 heteroatoms. The Kier molecular flexibility index (Phi) is 6.59. The number of sulfonamides is 1. The van der Waals surface area contributed by atoms with Gasteiger partial charge in [0.15, 0.2) is 0 Å². The summed E-state index contributed by atoms with van der Waals surface area (Å²) in [6.45, 7) is 7.06. The van der Waals surface area contributed by atoms with Gasteiger partial charge in [0, 0.05) is 25.2 Å². The molecule has 2 aromatic rings. The molecule has 0 atom stereocenters. The van der Waals surface area contributed by atoms with Crippen molar-refractivity contribution in [3.05, 3.63) is 64.2 Å². The van der Waals surface area contributed by atoms with Gasteiger partial charge < -0.3 is 5.32 Å². The average Bonchev–Trinajstić information content (AvgIpc) is 2.74. The molecule has 1 fully saturated rings. The zero-order chi connectivity index (χ0) is 21.9. The standard InChI is InChI=1S/C23H27N3O3S/c1-16-8-10-26(11-9-16)30(28,29)22-13-21(12-17(2)18(22)3)23(27)25-15-20-6-4-19(14-24)5-7-20/h4-7,12-13,16H,8-11,15H2,1-3H3,(H,25,27). The molecule has 0 bridgehead atoms. The molecular formula is C23H27N3O3S. The minimum Gasteiger partial charge on any atom is -0.348 e. The largest absolute Gasteiger partial charge is 0.348 e. The number of rotatable bonds is 5. The van der Waals surface area contributed by atoms with Crippen LogP contribution in [0, 0.1) is 31.1 Å². The van der Waals surface area contributed by atoms with Crippen LogP contribution < -0.4 is 5.32 Å². The second-order valence-corrected chi connectivity index (χ2v) is 9.90. The molecule has 0 spiro atoms. The number of hydrogen-bond acceptors (Lipinski definition) is 4. The molecule has 1 amide bonds. The first-order valence-corrected chi connectivity index (χ1v) is 11.5. The molecule has 158 valence electrons. The summed E-state index contributed by atoms with van der Waals surface area (Å²) in [7, 11) is -3.65. The molecule has 0 saturated carbocycles. The Morgan fingerprint density at radius 3 is 2.40 bits per heavy atom. The van der Waals surface area contributed by atoms with E-state index in [1.165, 1.54) is 10.4 Å². The highest BCUT2D eigenvalue weighted by Gasteiger charge is 2.30. The Morgan fingerprint density at radius 1 is 1.17 bits per heavy atom. The molecule has 6 nitrogen and oxygen atoms in total. The van der Waals surface area contributed by atoms with Crippen LogP contribution in [0.1, 0.15) is 52.4 Å². The SMILES string of the molecule is Cc1cc(C(=O)NCc2ccc(C#N)cc2)cc(S(=O)(=O)N2CCC(C)CC2)c1C. The maximum absolute atomic E-state index is 13.2. The Bertz CT molecular complexity index is 1080. The number of piperidine rings is 1. The van der Waals surface area contributed by atoms with Gasteiger partial charge >= 0.3 is 0 Å². The molecule has 0 aromatic heterocycles. The summed E-state index contributed by atoms with van der Waals surface area (Å²) in [5, 5.41) is 11.7. The van der Waals surface area contributed by atoms with Crippen molar-refractivity contribution in [1.29, 1.82) is 5.26 Å². The maximum atomic E-state index is 13.2. The van der Waals surface area contributed by atoms with E-state index >= 15 is 0 Å². The zero-order valence-corrected chi connectivity index (χ0v) is 18.4. The number of carbonyl (C=O) groups excluding carboxylic acids is 1. The minimum absolute atomic E-state index is 0.209. The summed E-state index contributed by atoms with van der Waals surface area (Å²) in [5.41, 5.74) is 3.19. The van der Waals surface area contributed by atoms with Crippen molar-refractivity contribution in [3.63, 3.8) is 0 Å². The van der Waals surface area contributed by atoms with Crippen molar-refractivity contribution >= 4 is 15.9 Å². The van der Waals surface area contributed by atoms with Crippen LogP contribution in [-0.2, 0) is 16.6 Å². The van der Waals surface area contributed by atoms with Crippen LogP contribution in [0.4, 0.5) is 0 Å². The van der Waals surface area contributed by atoms with Gasteiger partial charge in [0.2, 0.25) is 10.0 Å². The lowest BCUT2D eigenvalue weighted by atomic mass is 10.0. The third-order valence-electron chi connectivity index (χ3n) is 5.78. The van der Waals surface area contributed by atoms with Gasteiger partial charge in [-0.3, -0.25) is 4.79 Å². The summed E-state index contributed by atoms with van der Waals surface area (Å²) in [4.78, 5) is 12.9. The molecule has 1 heterocycles. The Balaban J connectivity index is 1.81. The first-order valence-electron chi connectivity index (χ1n) is 10.1. The summed E-state index contributed by atoms with van der Waals surface area (Å²) in [5.74, 6) is 0.199. The molecule has 2 aromatic carbocycles. The normalized spacial score (nSPS) is 15.5. The Morgan fingerprint density at radius 2 is 1.80 bits per heavy atom. The van der Waals surface area contributed by atoms with Gasteiger partial charge in [-0.2, -0.15) is 9.57 Å². The van der Waals surface area contributed by atoms with Crippen LogP contribution in [0.3, 0.4) is 0 Å². The van der Waals surface area contributed by atoms with Gasteiger partial charge in [-0.05, 0) is 73.6 Å². The summed E-state index contributed by atoms with van der Waals surface area (Å²) in [6, 6.07) is 12.2. The third kappa shape index (κ3) is 4.72. The van der Waals surface area contributed by atoms with Crippen molar-refractivity contribution in [2.75, 3.05) is 13.1 Å². The molecule has 1 N–H and O–H groups in total. The fourth-order valence-electron chi connectivity index (χ4n) is 3.57. The van der Waals surface area contributed by atoms with Crippen molar-refractivity contribution in [3.8, 4) is 6.07 Å². The maximum Gasteiger partial charge on any atom is 0.251 e. The lowest BCUT2D eigenvalue weighted by Crippen LogP contribution is -2.38. The lowest BCUT2D eigenvalue weighted by Gasteiger charge is -2.30. The van der Waals surface area contributed by atoms with E-state index in [0.29, 0.717) is 42.2 Å². The van der Waals surface area contributed by atoms with Crippen LogP contribution >= 0.6 is 0 Å². The van der Waals surface area contributed by atoms with E-state index in [-0.39, 0.29) is 10.8 Å². The Hall–Kier alpha value is -2.69. The molecule has 0 radical (unpaired) electrons. The molecule has 1 aliphatic rings. The summed E-state index contributed by atoms with van der Waals surface area (Å²) in [6.07, 6.45) is 1.70. The van der Waals surface area contributed by atoms with E-state index in [9.17, 15) is 13.2 Å². The molecule has 1 aliphatic heterocycles. The predicted octanol–water partition coefficient (Wildman–Crippen LogP) is 3.53. The van der Waals surface area contributed by atoms with E-state index in [2.05, 4.69) is 18.3 Å². The second kappa shape index (κ2) is 8.99. The number of nitrogens with one attached hydrogen (secondary N) is 1. The van der Waals surface area contributed by atoms with Crippen molar-refractivity contribution in [2.45, 2.75) is 45.1 Å². The van der Waals surface area contributed by atoms with Crippen LogP contribution in [0.5, 0.6) is 0 Å². The fraction of sp³-hybridized carbons (Fsp3) is 0.391. The minimum atomic E-state index is -3.65. The number of benzene rings is 2. The smallest absolute Gasteiger partial charge is 0.251 e. The molecule has 30 heavy (non-hydrogen) atoms. The van der Waals surface area contributed by atoms with Gasteiger partial charge in [-0.1, -0.05) is 19.1 Å². The van der Waals surface area contributed by atoms with Gasteiger partial charge in [-0.25, -0.2) is 8.42 Å². The van der Waals surface area contributed by atoms with E-state index < -0.39 is 10.0 Å². The number of nitriles is 1. The van der Waals surface area contributed by atoms with Crippen molar-refractivity contribution in [1.82, 2.24) is 9.62 Å². The van der Waals surface area contributed by atoms with E-state index in [0.717, 1.165) is 24.0 Å². The van der Waals surface area contributed by atoms with Gasteiger partial charge in [-0.15, -0.1) is 0 Å². The molecular weight excluding hydrogens is 398 g/mol. The van der Waals surface area contributed by atoms with Gasteiger partial charge in [0.05, 0.1) is 16.5 Å². The number of aryl methyl sites for hydroxylation is 1. The highest BCUT2D eigenvalue weighted by Crippen LogP contribution is 2.28. The van der Waals surface area contributed by atoms with Crippen LogP contribution in [0.15, 0.2) is 41.3 Å². The van der Waals surface area contributed by atoms with E-state index in [4.69, 9.17) is 5.26 Å². The number of hydrogen-bond donors (Lipinski definition) is 1. The molecule has 3 rings (SSSR count). The number of amides is 1. The number of nitrogens with zero attached hydrogens (tertiary/aromatic N) is 2. The quantitative estimate of drug-likeness (QED) is 0.793. The van der Waals surface area contributed by atoms with E-state index in [1.807, 2.05) is 6.92 Å². The van der Waals surface area contributed by atoms with Crippen LogP contribution in [-0.4, -0.2) is 31.7 Å². The summed E-state index contributed by atoms with van der Waals surface area (Å²) < 4.78 is 28.0. The monoisotopic (exact) mass is 425 g/mol. The average molecular weight is 426 g/mol. The van der Waals surface area contributed by atoms with Gasteiger partial charge in [0.25, 0.3) is 5.91 Å². The van der Waals surface area contributed by atoms with E-state index in [1.54, 1.807) is 37.3 Å².